The van der Waals surface area contributed by atoms with Crippen LogP contribution in [0.5, 0.6) is 0 Å². The van der Waals surface area contributed by atoms with Crippen LogP contribution in [0.15, 0.2) is 11.1 Å². The van der Waals surface area contributed by atoms with E-state index in [-0.39, 0.29) is 6.10 Å². The average molecular weight is 221 g/mol. The number of rotatable bonds is 6. The van der Waals surface area contributed by atoms with Crippen LogP contribution in [-0.2, 0) is 0 Å². The van der Waals surface area contributed by atoms with E-state index in [2.05, 4.69) is 13.5 Å². The van der Waals surface area contributed by atoms with E-state index in [9.17, 15) is 5.11 Å². The predicted octanol–water partition coefficient (Wildman–Crippen LogP) is 2.19. The van der Waals surface area contributed by atoms with Crippen molar-refractivity contribution in [1.29, 1.82) is 0 Å². The number of unbranched alkanes of at least 4 members (excludes halogenated alkanes) is 1. The topological polar surface area (TPSA) is 20.2 Å². The molecule has 0 saturated heterocycles. The van der Waals surface area contributed by atoms with E-state index < -0.39 is 0 Å². The number of aliphatic hydroxyl groups excluding tert-OH is 1. The first kappa shape index (κ1) is 11.2. The van der Waals surface area contributed by atoms with Crippen molar-refractivity contribution >= 4 is 15.0 Å². The van der Waals surface area contributed by atoms with Crippen molar-refractivity contribution in [1.82, 2.24) is 0 Å². The Bertz CT molecular complexity index is 112. The first-order valence-electron chi connectivity index (χ1n) is 4.22. The molecule has 0 radical (unpaired) electrons. The normalized spacial score (nSPS) is 13.0. The fourth-order valence-electron chi connectivity index (χ4n) is 0.671. The maximum absolute atomic E-state index is 9.34. The van der Waals surface area contributed by atoms with E-state index in [0.29, 0.717) is 15.0 Å². The van der Waals surface area contributed by atoms with Crippen molar-refractivity contribution in [3.63, 3.8) is 0 Å². The number of aliphatic hydroxyl groups is 1. The van der Waals surface area contributed by atoms with Crippen molar-refractivity contribution in [2.45, 2.75) is 44.5 Å². The Labute approximate surface area is 76.0 Å². The van der Waals surface area contributed by atoms with Gasteiger partial charge in [0.15, 0.2) is 0 Å². The molecule has 2 heteroatoms. The molecule has 0 aliphatic rings. The summed E-state index contributed by atoms with van der Waals surface area (Å²) in [6, 6.07) is 0. The van der Waals surface area contributed by atoms with Gasteiger partial charge in [0.05, 0.1) is 0 Å². The van der Waals surface area contributed by atoms with Crippen LogP contribution >= 0.6 is 0 Å². The van der Waals surface area contributed by atoms with Crippen LogP contribution in [0, 0.1) is 0 Å². The van der Waals surface area contributed by atoms with E-state index in [1.807, 2.05) is 6.92 Å². The molecule has 0 heterocycles. The zero-order valence-electron chi connectivity index (χ0n) is 7.47. The molecule has 1 nitrogen and oxygen atoms in total. The monoisotopic (exact) mass is 222 g/mol. The van der Waals surface area contributed by atoms with Crippen LogP contribution < -0.4 is 0 Å². The van der Waals surface area contributed by atoms with Crippen molar-refractivity contribution in [2.75, 3.05) is 0 Å². The number of hydrogen-bond acceptors (Lipinski definition) is 1. The molecule has 1 unspecified atom stereocenters. The summed E-state index contributed by atoms with van der Waals surface area (Å²) >= 11 is 0.464. The third-order valence-corrected chi connectivity index (χ3v) is 3.93. The Morgan fingerprint density at radius 2 is 2.18 bits per heavy atom. The molecule has 1 atom stereocenters. The number of hydrogen-bond donors (Lipinski definition) is 1. The molecule has 0 aromatic heterocycles. The van der Waals surface area contributed by atoms with Crippen molar-refractivity contribution in [3.05, 3.63) is 11.1 Å². The minimum atomic E-state index is -0.244. The van der Waals surface area contributed by atoms with Crippen LogP contribution in [0.2, 0.25) is 5.32 Å². The molecule has 0 aromatic rings. The minimum absolute atomic E-state index is 0.244. The van der Waals surface area contributed by atoms with Crippen molar-refractivity contribution in [2.24, 2.45) is 0 Å². The summed E-state index contributed by atoms with van der Waals surface area (Å²) in [4.78, 5) is 0. The first-order valence-corrected chi connectivity index (χ1v) is 6.28. The molecule has 11 heavy (non-hydrogen) atoms. The molecule has 1 N–H and O–H groups in total. The average Bonchev–Trinajstić information content (AvgIpc) is 2.03. The Kier molecular flexibility index (Phi) is 7.04. The Hall–Kier alpha value is 0.219. The summed E-state index contributed by atoms with van der Waals surface area (Å²) < 4.78 is 1.06. The van der Waals surface area contributed by atoms with Gasteiger partial charge in [-0.2, -0.15) is 0 Å². The second-order valence-corrected chi connectivity index (χ2v) is 5.15. The first-order chi connectivity index (χ1) is 5.22. The van der Waals surface area contributed by atoms with E-state index in [1.54, 1.807) is 0 Å². The van der Waals surface area contributed by atoms with Gasteiger partial charge in [-0.15, -0.1) is 0 Å². The third-order valence-electron chi connectivity index (χ3n) is 1.54. The summed E-state index contributed by atoms with van der Waals surface area (Å²) in [5.41, 5.74) is 0. The van der Waals surface area contributed by atoms with Gasteiger partial charge in [-0.3, -0.25) is 0 Å². The molecule has 66 valence electrons. The maximum atomic E-state index is 9.34. The predicted molar refractivity (Wildman–Crippen MR) is 50.9 cm³/mol. The summed E-state index contributed by atoms with van der Waals surface area (Å²) in [6.07, 6.45) is 3.09. The summed E-state index contributed by atoms with van der Waals surface area (Å²) in [5, 5.41) is 10.6. The zero-order valence-corrected chi connectivity index (χ0v) is 9.18. The van der Waals surface area contributed by atoms with E-state index >= 15 is 0 Å². The second kappa shape index (κ2) is 6.90. The second-order valence-electron chi connectivity index (χ2n) is 2.59. The van der Waals surface area contributed by atoms with Gasteiger partial charge in [0.25, 0.3) is 0 Å². The Balaban J connectivity index is 3.36. The molecular weight excluding hydrogens is 203 g/mol. The molecule has 0 aromatic carbocycles. The fraction of sp³-hybridized carbons (Fsp3) is 0.778. The standard InChI is InChI=1S/C9H18OSe/c1-4-6-7-11-8(3)9(10)5-2/h9-10H,3-7H2,1-2H3. The molecule has 0 aliphatic heterocycles. The zero-order chi connectivity index (χ0) is 8.69. The van der Waals surface area contributed by atoms with Gasteiger partial charge in [0.1, 0.15) is 0 Å². The van der Waals surface area contributed by atoms with Gasteiger partial charge in [0.2, 0.25) is 0 Å². The van der Waals surface area contributed by atoms with Crippen LogP contribution in [0.1, 0.15) is 33.1 Å². The van der Waals surface area contributed by atoms with E-state index in [4.69, 9.17) is 0 Å². The Morgan fingerprint density at radius 3 is 2.64 bits per heavy atom. The molecular formula is C9H18OSe. The molecule has 0 aliphatic carbocycles. The summed E-state index contributed by atoms with van der Waals surface area (Å²) in [7, 11) is 0. The Morgan fingerprint density at radius 1 is 1.55 bits per heavy atom. The van der Waals surface area contributed by atoms with Crippen LogP contribution in [0.4, 0.5) is 0 Å². The molecule has 0 bridgehead atoms. The van der Waals surface area contributed by atoms with Crippen molar-refractivity contribution < 1.29 is 5.11 Å². The molecule has 0 fully saturated rings. The molecule has 0 rings (SSSR count). The van der Waals surface area contributed by atoms with Gasteiger partial charge in [-0.25, -0.2) is 0 Å². The third kappa shape index (κ3) is 5.48. The fourth-order valence-corrected chi connectivity index (χ4v) is 2.88. The van der Waals surface area contributed by atoms with Gasteiger partial charge >= 0.3 is 75.6 Å². The van der Waals surface area contributed by atoms with Crippen LogP contribution in [0.3, 0.4) is 0 Å². The summed E-state index contributed by atoms with van der Waals surface area (Å²) in [5.74, 6) is 0. The van der Waals surface area contributed by atoms with Crippen molar-refractivity contribution in [3.8, 4) is 0 Å². The van der Waals surface area contributed by atoms with E-state index in [1.165, 1.54) is 18.2 Å². The van der Waals surface area contributed by atoms with E-state index in [0.717, 1.165) is 10.9 Å². The molecule has 0 saturated carbocycles. The van der Waals surface area contributed by atoms with Crippen LogP contribution in [0.25, 0.3) is 0 Å². The van der Waals surface area contributed by atoms with Gasteiger partial charge in [0, 0.05) is 0 Å². The van der Waals surface area contributed by atoms with Gasteiger partial charge in [-0.05, 0) is 0 Å². The van der Waals surface area contributed by atoms with Crippen LogP contribution in [-0.4, -0.2) is 26.2 Å². The molecule has 0 amide bonds. The molecule has 0 spiro atoms. The van der Waals surface area contributed by atoms with Gasteiger partial charge in [-0.1, -0.05) is 0 Å². The quantitative estimate of drug-likeness (QED) is 0.538. The summed E-state index contributed by atoms with van der Waals surface area (Å²) in [6.45, 7) is 8.06. The van der Waals surface area contributed by atoms with Gasteiger partial charge < -0.3 is 0 Å². The SMILES string of the molecule is C=C([Se]CCCC)C(O)CC.